The van der Waals surface area contributed by atoms with Gasteiger partial charge < -0.3 is 4.74 Å². The van der Waals surface area contributed by atoms with Gasteiger partial charge in [-0.1, -0.05) is 0 Å². The van der Waals surface area contributed by atoms with Crippen LogP contribution in [0.25, 0.3) is 0 Å². The van der Waals surface area contributed by atoms with Crippen LogP contribution in [0.1, 0.15) is 19.5 Å². The van der Waals surface area contributed by atoms with Crippen LogP contribution >= 0.6 is 11.6 Å². The molecule has 88 valence electrons. The summed E-state index contributed by atoms with van der Waals surface area (Å²) >= 11 is 5.20. The predicted octanol–water partition coefficient (Wildman–Crippen LogP) is 1.56. The lowest BCUT2D eigenvalue weighted by molar-refractivity contribution is 0.116. The average Bonchev–Trinajstić information content (AvgIpc) is 2.40. The molecule has 0 saturated heterocycles. The van der Waals surface area contributed by atoms with Crippen LogP contribution in [0.2, 0.25) is 0 Å². The van der Waals surface area contributed by atoms with Crippen LogP contribution in [0.5, 0.6) is 0 Å². The van der Waals surface area contributed by atoms with Crippen molar-refractivity contribution in [3.05, 3.63) is 22.4 Å². The van der Waals surface area contributed by atoms with E-state index in [1.54, 1.807) is 13.8 Å². The summed E-state index contributed by atoms with van der Waals surface area (Å²) in [7, 11) is 0. The summed E-state index contributed by atoms with van der Waals surface area (Å²) in [6, 6.07) is 0. The van der Waals surface area contributed by atoms with Crippen LogP contribution in [0.15, 0.2) is 11.0 Å². The Morgan fingerprint density at radius 1 is 1.44 bits per heavy atom. The van der Waals surface area contributed by atoms with Gasteiger partial charge >= 0.3 is 17.1 Å². The summed E-state index contributed by atoms with van der Waals surface area (Å²) in [5, 5.41) is -0.960. The maximum Gasteiger partial charge on any atom is 0.422 e. The molecule has 0 atom stereocenters. The molecule has 0 aliphatic heterocycles. The van der Waals surface area contributed by atoms with Crippen LogP contribution < -0.4 is 5.69 Å². The Labute approximate surface area is 96.4 Å². The Morgan fingerprint density at radius 2 is 2.00 bits per heavy atom. The lowest BCUT2D eigenvalue weighted by Gasteiger charge is -2.06. The molecule has 0 aromatic carbocycles. The van der Waals surface area contributed by atoms with Crippen molar-refractivity contribution in [1.29, 1.82) is 0 Å². The van der Waals surface area contributed by atoms with Gasteiger partial charge in [-0.3, -0.25) is 4.79 Å². The third-order valence-corrected chi connectivity index (χ3v) is 1.94. The van der Waals surface area contributed by atoms with Crippen molar-refractivity contribution >= 4 is 23.1 Å². The van der Waals surface area contributed by atoms with E-state index in [9.17, 15) is 14.4 Å². The van der Waals surface area contributed by atoms with Crippen molar-refractivity contribution in [3.63, 3.8) is 0 Å². The van der Waals surface area contributed by atoms with Crippen molar-refractivity contribution in [3.8, 4) is 0 Å². The summed E-state index contributed by atoms with van der Waals surface area (Å²) < 4.78 is 6.21. The number of halogens is 1. The maximum absolute atomic E-state index is 11.6. The highest BCUT2D eigenvalue weighted by Gasteiger charge is 2.18. The number of aryl methyl sites for hydroxylation is 1. The van der Waals surface area contributed by atoms with Gasteiger partial charge in [0.25, 0.3) is 0 Å². The lowest BCUT2D eigenvalue weighted by Crippen LogP contribution is -2.32. The standard InChI is InChI=1S/C9H11ClN2O4/c1-5(2)16-9(15)11-4-6(3)12(7(10)13)8(11)14/h4-5H,1-3H3. The number of hydrogen-bond donors (Lipinski definition) is 0. The molecule has 1 heterocycles. The first-order chi connectivity index (χ1) is 7.34. The van der Waals surface area contributed by atoms with E-state index in [2.05, 4.69) is 0 Å². The van der Waals surface area contributed by atoms with Crippen molar-refractivity contribution in [2.24, 2.45) is 0 Å². The SMILES string of the molecule is Cc1cn(C(=O)OC(C)C)c(=O)n1C(=O)Cl. The molecule has 7 heteroatoms. The highest BCUT2D eigenvalue weighted by molar-refractivity contribution is 6.63. The molecule has 0 saturated carbocycles. The number of aromatic nitrogens is 2. The molecule has 16 heavy (non-hydrogen) atoms. The third-order valence-electron chi connectivity index (χ3n) is 1.78. The molecule has 0 bridgehead atoms. The quantitative estimate of drug-likeness (QED) is 0.705. The minimum atomic E-state index is -0.960. The molecule has 1 aromatic heterocycles. The smallest absolute Gasteiger partial charge is 0.422 e. The topological polar surface area (TPSA) is 70.3 Å². The second-order valence-corrected chi connectivity index (χ2v) is 3.77. The van der Waals surface area contributed by atoms with Crippen LogP contribution in [0, 0.1) is 6.92 Å². The fourth-order valence-electron chi connectivity index (χ4n) is 1.16. The monoisotopic (exact) mass is 246 g/mol. The van der Waals surface area contributed by atoms with E-state index in [0.29, 0.717) is 9.13 Å². The van der Waals surface area contributed by atoms with Gasteiger partial charge in [-0.05, 0) is 32.4 Å². The van der Waals surface area contributed by atoms with Crippen LogP contribution in [-0.2, 0) is 4.74 Å². The first-order valence-corrected chi connectivity index (χ1v) is 4.94. The highest BCUT2D eigenvalue weighted by atomic mass is 35.5. The first kappa shape index (κ1) is 12.5. The van der Waals surface area contributed by atoms with E-state index < -0.39 is 17.1 Å². The van der Waals surface area contributed by atoms with Gasteiger partial charge in [-0.25, -0.2) is 18.7 Å². The van der Waals surface area contributed by atoms with Gasteiger partial charge in [0.15, 0.2) is 0 Å². The molecule has 0 unspecified atom stereocenters. The second-order valence-electron chi connectivity index (χ2n) is 3.44. The Morgan fingerprint density at radius 3 is 2.38 bits per heavy atom. The van der Waals surface area contributed by atoms with Crippen LogP contribution in [0.3, 0.4) is 0 Å². The average molecular weight is 247 g/mol. The summed E-state index contributed by atoms with van der Waals surface area (Å²) in [5.74, 6) is 0. The number of imidazole rings is 1. The zero-order chi connectivity index (χ0) is 12.5. The summed E-state index contributed by atoms with van der Waals surface area (Å²) in [4.78, 5) is 33.9. The van der Waals surface area contributed by atoms with E-state index >= 15 is 0 Å². The van der Waals surface area contributed by atoms with E-state index in [-0.39, 0.29) is 11.8 Å². The molecule has 0 spiro atoms. The van der Waals surface area contributed by atoms with E-state index in [1.807, 2.05) is 0 Å². The molecule has 1 aromatic rings. The first-order valence-electron chi connectivity index (χ1n) is 4.56. The summed E-state index contributed by atoms with van der Waals surface area (Å²) in [6.45, 7) is 4.79. The minimum absolute atomic E-state index is 0.269. The highest BCUT2D eigenvalue weighted by Crippen LogP contribution is 2.00. The fourth-order valence-corrected chi connectivity index (χ4v) is 1.37. The molecule has 0 fully saturated rings. The molecule has 0 aliphatic carbocycles. The predicted molar refractivity (Wildman–Crippen MR) is 57.1 cm³/mol. The van der Waals surface area contributed by atoms with Gasteiger partial charge in [-0.15, -0.1) is 0 Å². The van der Waals surface area contributed by atoms with Crippen LogP contribution in [-0.4, -0.2) is 26.7 Å². The maximum atomic E-state index is 11.6. The number of rotatable bonds is 1. The minimum Gasteiger partial charge on any atom is -0.446 e. The van der Waals surface area contributed by atoms with E-state index in [1.165, 1.54) is 13.1 Å². The Bertz CT molecular complexity index is 486. The molecule has 1 rings (SSSR count). The van der Waals surface area contributed by atoms with Gasteiger partial charge in [0.05, 0.1) is 6.10 Å². The normalized spacial score (nSPS) is 10.6. The fraction of sp³-hybridized carbons (Fsp3) is 0.444. The van der Waals surface area contributed by atoms with E-state index in [4.69, 9.17) is 16.3 Å². The molecule has 0 aliphatic rings. The molecule has 6 nitrogen and oxygen atoms in total. The van der Waals surface area contributed by atoms with Gasteiger partial charge in [0.1, 0.15) is 0 Å². The number of carbonyl (C=O) groups is 2. The molecular formula is C9H11ClN2O4. The van der Waals surface area contributed by atoms with E-state index in [0.717, 1.165) is 0 Å². The molecule has 0 amide bonds. The van der Waals surface area contributed by atoms with Crippen molar-refractivity contribution < 1.29 is 14.3 Å². The van der Waals surface area contributed by atoms with Crippen molar-refractivity contribution in [1.82, 2.24) is 9.13 Å². The summed E-state index contributed by atoms with van der Waals surface area (Å²) in [5.41, 5.74) is -0.561. The summed E-state index contributed by atoms with van der Waals surface area (Å²) in [6.07, 6.45) is 0.0161. The zero-order valence-corrected chi connectivity index (χ0v) is 9.82. The van der Waals surface area contributed by atoms with Gasteiger partial charge in [0.2, 0.25) is 0 Å². The Balaban J connectivity index is 3.18. The van der Waals surface area contributed by atoms with Gasteiger partial charge in [0, 0.05) is 11.9 Å². The van der Waals surface area contributed by atoms with Crippen LogP contribution in [0.4, 0.5) is 9.59 Å². The number of carbonyl (C=O) groups excluding carboxylic acids is 2. The van der Waals surface area contributed by atoms with Gasteiger partial charge in [-0.2, -0.15) is 0 Å². The Hall–Kier alpha value is -1.56. The molecule has 0 N–H and O–H groups in total. The molecule has 0 radical (unpaired) electrons. The largest absolute Gasteiger partial charge is 0.446 e. The Kier molecular flexibility index (Phi) is 3.54. The second kappa shape index (κ2) is 4.52. The zero-order valence-electron chi connectivity index (χ0n) is 9.06. The van der Waals surface area contributed by atoms with Crippen molar-refractivity contribution in [2.75, 3.05) is 0 Å². The number of hydrogen-bond acceptors (Lipinski definition) is 4. The number of nitrogens with zero attached hydrogens (tertiary/aromatic N) is 2. The number of ether oxygens (including phenoxy) is 1. The van der Waals surface area contributed by atoms with Crippen molar-refractivity contribution in [2.45, 2.75) is 26.9 Å². The third kappa shape index (κ3) is 2.33. The lowest BCUT2D eigenvalue weighted by atomic mass is 10.5. The molecular weight excluding hydrogens is 236 g/mol.